The number of carbonyl (C=O) groups is 3. The normalized spacial score (nSPS) is 17.7. The number of esters is 1. The van der Waals surface area contributed by atoms with E-state index >= 15 is 0 Å². The quantitative estimate of drug-likeness (QED) is 0.640. The van der Waals surface area contributed by atoms with Gasteiger partial charge >= 0.3 is 5.97 Å². The molecule has 2 N–H and O–H groups in total. The summed E-state index contributed by atoms with van der Waals surface area (Å²) in [5.41, 5.74) is 0.275. The minimum atomic E-state index is -1.03. The van der Waals surface area contributed by atoms with E-state index in [9.17, 15) is 24.6 Å². The number of nitrogens with zero attached hydrogens (tertiary/aromatic N) is 1. The van der Waals surface area contributed by atoms with Crippen LogP contribution in [0, 0.1) is 0 Å². The van der Waals surface area contributed by atoms with E-state index in [1.165, 1.54) is 25.1 Å². The summed E-state index contributed by atoms with van der Waals surface area (Å²) >= 11 is 0.671. The molecule has 1 atom stereocenters. The van der Waals surface area contributed by atoms with Crippen molar-refractivity contribution in [3.8, 4) is 11.5 Å². The summed E-state index contributed by atoms with van der Waals surface area (Å²) in [6.45, 7) is 3.19. The Morgan fingerprint density at radius 2 is 2.09 bits per heavy atom. The van der Waals surface area contributed by atoms with Gasteiger partial charge in [-0.05, 0) is 43.8 Å². The number of phenols is 2. The van der Waals surface area contributed by atoms with E-state index in [1.54, 1.807) is 6.92 Å². The fraction of sp³-hybridized carbons (Fsp3) is 0.267. The number of rotatable bonds is 4. The van der Waals surface area contributed by atoms with Gasteiger partial charge in [-0.1, -0.05) is 0 Å². The van der Waals surface area contributed by atoms with Gasteiger partial charge in [0.15, 0.2) is 0 Å². The van der Waals surface area contributed by atoms with Gasteiger partial charge in [-0.25, -0.2) is 4.79 Å². The Hall–Kier alpha value is -2.48. The zero-order valence-corrected chi connectivity index (χ0v) is 13.3. The van der Waals surface area contributed by atoms with Crippen LogP contribution in [0.3, 0.4) is 0 Å². The number of amides is 2. The molecular formula is C15H15NO6S. The molecule has 7 nitrogen and oxygen atoms in total. The molecule has 23 heavy (non-hydrogen) atoms. The van der Waals surface area contributed by atoms with Crippen molar-refractivity contribution in [2.45, 2.75) is 19.9 Å². The van der Waals surface area contributed by atoms with E-state index in [-0.39, 0.29) is 28.6 Å². The van der Waals surface area contributed by atoms with Crippen molar-refractivity contribution in [1.82, 2.24) is 4.90 Å². The highest BCUT2D eigenvalue weighted by Crippen LogP contribution is 2.35. The van der Waals surface area contributed by atoms with E-state index in [2.05, 4.69) is 0 Å². The standard InChI is InChI=1S/C15H15NO6S/c1-3-22-14(20)8(2)16-13(19)12(23-15(16)21)6-9-4-5-10(17)7-11(9)18/h4-8,17-18H,3H2,1-2H3/b12-6+/t8-/m1/s1. The Kier molecular flexibility index (Phi) is 4.95. The van der Waals surface area contributed by atoms with Crippen LogP contribution >= 0.6 is 11.8 Å². The molecule has 0 radical (unpaired) electrons. The second kappa shape index (κ2) is 6.74. The number of thioether (sulfide) groups is 1. The molecule has 0 aromatic heterocycles. The second-order valence-corrected chi connectivity index (χ2v) is 5.72. The first-order valence-electron chi connectivity index (χ1n) is 6.80. The molecule has 1 fully saturated rings. The van der Waals surface area contributed by atoms with Gasteiger partial charge in [-0.15, -0.1) is 0 Å². The monoisotopic (exact) mass is 337 g/mol. The van der Waals surface area contributed by atoms with Crippen molar-refractivity contribution in [3.05, 3.63) is 28.7 Å². The summed E-state index contributed by atoms with van der Waals surface area (Å²) in [5.74, 6) is -1.64. The van der Waals surface area contributed by atoms with Gasteiger partial charge < -0.3 is 14.9 Å². The lowest BCUT2D eigenvalue weighted by atomic mass is 10.1. The van der Waals surface area contributed by atoms with Gasteiger partial charge in [0.1, 0.15) is 17.5 Å². The first-order valence-corrected chi connectivity index (χ1v) is 7.62. The zero-order chi connectivity index (χ0) is 17.1. The van der Waals surface area contributed by atoms with Crippen LogP contribution in [0.25, 0.3) is 6.08 Å². The van der Waals surface area contributed by atoms with Gasteiger partial charge in [-0.2, -0.15) is 0 Å². The molecule has 1 aliphatic rings. The summed E-state index contributed by atoms with van der Waals surface area (Å²) in [7, 11) is 0. The highest BCUT2D eigenvalue weighted by Gasteiger charge is 2.41. The largest absolute Gasteiger partial charge is 0.508 e. The van der Waals surface area contributed by atoms with Crippen LogP contribution in [0.2, 0.25) is 0 Å². The van der Waals surface area contributed by atoms with E-state index in [1.807, 2.05) is 0 Å². The lowest BCUT2D eigenvalue weighted by molar-refractivity contribution is -0.150. The van der Waals surface area contributed by atoms with Crippen molar-refractivity contribution >= 4 is 35.0 Å². The van der Waals surface area contributed by atoms with Crippen LogP contribution in [0.15, 0.2) is 23.1 Å². The number of imide groups is 1. The molecule has 0 spiro atoms. The van der Waals surface area contributed by atoms with E-state index in [4.69, 9.17) is 4.74 Å². The van der Waals surface area contributed by atoms with Crippen LogP contribution in [0.5, 0.6) is 11.5 Å². The van der Waals surface area contributed by atoms with Crippen LogP contribution in [-0.2, 0) is 14.3 Å². The molecule has 8 heteroatoms. The predicted molar refractivity (Wildman–Crippen MR) is 83.7 cm³/mol. The maximum atomic E-state index is 12.3. The number of carbonyl (C=O) groups excluding carboxylic acids is 3. The molecule has 1 aromatic carbocycles. The van der Waals surface area contributed by atoms with Gasteiger partial charge in [0.25, 0.3) is 11.1 Å². The highest BCUT2D eigenvalue weighted by molar-refractivity contribution is 8.18. The lowest BCUT2D eigenvalue weighted by Crippen LogP contribution is -2.42. The highest BCUT2D eigenvalue weighted by atomic mass is 32.2. The van der Waals surface area contributed by atoms with Crippen LogP contribution < -0.4 is 0 Å². The molecule has 0 aliphatic carbocycles. The smallest absolute Gasteiger partial charge is 0.329 e. The topological polar surface area (TPSA) is 104 Å². The minimum absolute atomic E-state index is 0.0761. The maximum Gasteiger partial charge on any atom is 0.329 e. The van der Waals surface area contributed by atoms with Crippen LogP contribution in [0.4, 0.5) is 4.79 Å². The van der Waals surface area contributed by atoms with E-state index in [0.29, 0.717) is 11.8 Å². The Bertz CT molecular complexity index is 699. The summed E-state index contributed by atoms with van der Waals surface area (Å²) in [6, 6.07) is 2.85. The molecular weight excluding hydrogens is 322 g/mol. The number of hydrogen-bond donors (Lipinski definition) is 2. The number of aromatic hydroxyl groups is 2. The van der Waals surface area contributed by atoms with Crippen LogP contribution in [-0.4, -0.2) is 44.9 Å². The molecule has 0 saturated carbocycles. The summed E-state index contributed by atoms with van der Waals surface area (Å²) < 4.78 is 4.82. The summed E-state index contributed by atoms with van der Waals surface area (Å²) in [6.07, 6.45) is 1.33. The Morgan fingerprint density at radius 1 is 1.39 bits per heavy atom. The number of hydrogen-bond acceptors (Lipinski definition) is 7. The first kappa shape index (κ1) is 16.9. The van der Waals surface area contributed by atoms with Gasteiger partial charge in [0, 0.05) is 11.6 Å². The maximum absolute atomic E-state index is 12.3. The van der Waals surface area contributed by atoms with Crippen molar-refractivity contribution in [1.29, 1.82) is 0 Å². The minimum Gasteiger partial charge on any atom is -0.508 e. The number of phenolic OH excluding ortho intramolecular Hbond substituents is 2. The van der Waals surface area contributed by atoms with Crippen molar-refractivity contribution in [3.63, 3.8) is 0 Å². The molecule has 1 heterocycles. The van der Waals surface area contributed by atoms with Gasteiger partial charge in [-0.3, -0.25) is 14.5 Å². The van der Waals surface area contributed by atoms with Crippen LogP contribution in [0.1, 0.15) is 19.4 Å². The molecule has 1 saturated heterocycles. The predicted octanol–water partition coefficient (Wildman–Crippen LogP) is 2.09. The third-order valence-corrected chi connectivity index (χ3v) is 4.02. The van der Waals surface area contributed by atoms with Gasteiger partial charge in [0.2, 0.25) is 0 Å². The second-order valence-electron chi connectivity index (χ2n) is 4.72. The SMILES string of the molecule is CCOC(=O)[C@@H](C)N1C(=O)S/C(=C/c2ccc(O)cc2O)C1=O. The number of benzene rings is 1. The molecule has 2 rings (SSSR count). The molecule has 122 valence electrons. The Morgan fingerprint density at radius 3 is 2.70 bits per heavy atom. The van der Waals surface area contributed by atoms with E-state index < -0.39 is 23.2 Å². The Labute approximate surface area is 136 Å². The fourth-order valence-corrected chi connectivity index (χ4v) is 2.88. The fourth-order valence-electron chi connectivity index (χ4n) is 1.98. The Balaban J connectivity index is 2.27. The molecule has 0 unspecified atom stereocenters. The zero-order valence-electron chi connectivity index (χ0n) is 12.5. The molecule has 1 aromatic rings. The first-order chi connectivity index (χ1) is 10.8. The molecule has 1 aliphatic heterocycles. The molecule has 0 bridgehead atoms. The lowest BCUT2D eigenvalue weighted by Gasteiger charge is -2.19. The molecule has 2 amide bonds. The third kappa shape index (κ3) is 3.48. The van der Waals surface area contributed by atoms with E-state index in [0.717, 1.165) is 11.0 Å². The average molecular weight is 337 g/mol. The van der Waals surface area contributed by atoms with Crippen molar-refractivity contribution in [2.24, 2.45) is 0 Å². The van der Waals surface area contributed by atoms with Crippen molar-refractivity contribution in [2.75, 3.05) is 6.61 Å². The summed E-state index contributed by atoms with van der Waals surface area (Å²) in [4.78, 5) is 36.9. The van der Waals surface area contributed by atoms with Gasteiger partial charge in [0.05, 0.1) is 11.5 Å². The van der Waals surface area contributed by atoms with Crippen molar-refractivity contribution < 1.29 is 29.3 Å². The third-order valence-electron chi connectivity index (χ3n) is 3.14. The number of ether oxygens (including phenoxy) is 1. The summed E-state index contributed by atoms with van der Waals surface area (Å²) in [5, 5.41) is 18.4. The average Bonchev–Trinajstić information content (AvgIpc) is 2.76.